The van der Waals surface area contributed by atoms with Crippen molar-refractivity contribution in [3.05, 3.63) is 29.3 Å². The Hall–Kier alpha value is -0.770. The van der Waals surface area contributed by atoms with Crippen molar-refractivity contribution >= 4 is 17.3 Å². The van der Waals surface area contributed by atoms with Crippen molar-refractivity contribution in [2.45, 2.75) is 33.2 Å². The molecule has 1 unspecified atom stereocenters. The zero-order valence-electron chi connectivity index (χ0n) is 13.5. The minimum absolute atomic E-state index is 0.331. The minimum atomic E-state index is 0.331. The summed E-state index contributed by atoms with van der Waals surface area (Å²) in [5.41, 5.74) is 7.60. The van der Waals surface area contributed by atoms with E-state index in [2.05, 4.69) is 42.7 Å². The van der Waals surface area contributed by atoms with Crippen LogP contribution in [0.1, 0.15) is 27.2 Å². The molecule has 0 spiro atoms. The van der Waals surface area contributed by atoms with Gasteiger partial charge in [0.25, 0.3) is 0 Å². The van der Waals surface area contributed by atoms with Gasteiger partial charge in [-0.2, -0.15) is 0 Å². The first-order chi connectivity index (χ1) is 9.89. The van der Waals surface area contributed by atoms with Crippen LogP contribution in [0.2, 0.25) is 5.02 Å². The summed E-state index contributed by atoms with van der Waals surface area (Å²) in [6.07, 6.45) is 1.16. The number of benzene rings is 1. The maximum Gasteiger partial charge on any atom is 0.0407 e. The molecule has 2 rings (SSSR count). The predicted molar refractivity (Wildman–Crippen MR) is 92.2 cm³/mol. The molecule has 1 aliphatic rings. The van der Waals surface area contributed by atoms with E-state index in [0.717, 1.165) is 44.2 Å². The minimum Gasteiger partial charge on any atom is -0.369 e. The van der Waals surface area contributed by atoms with Gasteiger partial charge in [-0.15, -0.1) is 0 Å². The fourth-order valence-electron chi connectivity index (χ4n) is 3.07. The van der Waals surface area contributed by atoms with Crippen molar-refractivity contribution in [3.63, 3.8) is 0 Å². The van der Waals surface area contributed by atoms with Gasteiger partial charge in [0.05, 0.1) is 0 Å². The molecular weight excluding hydrogens is 282 g/mol. The average molecular weight is 310 g/mol. The van der Waals surface area contributed by atoms with Crippen LogP contribution < -0.4 is 10.6 Å². The molecule has 4 heteroatoms. The smallest absolute Gasteiger partial charge is 0.0407 e. The third kappa shape index (κ3) is 4.87. The van der Waals surface area contributed by atoms with E-state index in [0.29, 0.717) is 11.5 Å². The Bertz CT molecular complexity index is 430. The van der Waals surface area contributed by atoms with Crippen molar-refractivity contribution in [1.82, 2.24) is 4.90 Å². The second-order valence-electron chi connectivity index (χ2n) is 7.15. The van der Waals surface area contributed by atoms with Crippen LogP contribution in [0.25, 0.3) is 0 Å². The van der Waals surface area contributed by atoms with Gasteiger partial charge in [0.1, 0.15) is 0 Å². The van der Waals surface area contributed by atoms with Gasteiger partial charge in [0.2, 0.25) is 0 Å². The Kier molecular flexibility index (Phi) is 5.53. The Morgan fingerprint density at radius 2 is 1.67 bits per heavy atom. The van der Waals surface area contributed by atoms with Crippen LogP contribution in [-0.4, -0.2) is 43.7 Å². The summed E-state index contributed by atoms with van der Waals surface area (Å²) < 4.78 is 0. The molecule has 0 bridgehead atoms. The summed E-state index contributed by atoms with van der Waals surface area (Å²) in [5, 5.41) is 0.797. The number of nitrogens with two attached hydrogens (primary N) is 1. The second-order valence-corrected chi connectivity index (χ2v) is 7.59. The third-order valence-electron chi connectivity index (χ3n) is 4.14. The SMILES string of the molecule is CC(C)(C)CC(CN)N1CCN(c2ccc(Cl)cc2)CC1. The fraction of sp³-hybridized carbons (Fsp3) is 0.647. The Labute approximate surface area is 134 Å². The number of halogens is 1. The van der Waals surface area contributed by atoms with Crippen LogP contribution in [0.15, 0.2) is 24.3 Å². The summed E-state index contributed by atoms with van der Waals surface area (Å²) in [6.45, 7) is 11.9. The van der Waals surface area contributed by atoms with Crippen molar-refractivity contribution in [2.75, 3.05) is 37.6 Å². The Morgan fingerprint density at radius 3 is 2.14 bits per heavy atom. The first-order valence-corrected chi connectivity index (χ1v) is 8.21. The lowest BCUT2D eigenvalue weighted by atomic mass is 9.87. The molecule has 0 amide bonds. The molecule has 118 valence electrons. The molecule has 1 aromatic carbocycles. The van der Waals surface area contributed by atoms with E-state index in [9.17, 15) is 0 Å². The highest BCUT2D eigenvalue weighted by atomic mass is 35.5. The van der Waals surface area contributed by atoms with Crippen molar-refractivity contribution in [2.24, 2.45) is 11.1 Å². The highest BCUT2D eigenvalue weighted by Crippen LogP contribution is 2.25. The number of rotatable bonds is 4. The lowest BCUT2D eigenvalue weighted by Gasteiger charge is -2.41. The van der Waals surface area contributed by atoms with E-state index in [4.69, 9.17) is 17.3 Å². The molecule has 21 heavy (non-hydrogen) atoms. The molecule has 0 radical (unpaired) electrons. The summed E-state index contributed by atoms with van der Waals surface area (Å²) in [6, 6.07) is 8.63. The van der Waals surface area contributed by atoms with Crippen LogP contribution >= 0.6 is 11.6 Å². The molecule has 2 N–H and O–H groups in total. The van der Waals surface area contributed by atoms with Gasteiger partial charge in [0, 0.05) is 49.5 Å². The zero-order valence-corrected chi connectivity index (χ0v) is 14.2. The van der Waals surface area contributed by atoms with Gasteiger partial charge in [-0.25, -0.2) is 0 Å². The number of anilines is 1. The molecule has 1 fully saturated rings. The Morgan fingerprint density at radius 1 is 1.10 bits per heavy atom. The summed E-state index contributed by atoms with van der Waals surface area (Å²) >= 11 is 5.95. The lowest BCUT2D eigenvalue weighted by molar-refractivity contribution is 0.145. The van der Waals surface area contributed by atoms with Crippen LogP contribution in [0.5, 0.6) is 0 Å². The average Bonchev–Trinajstić information content (AvgIpc) is 2.45. The molecule has 0 aliphatic carbocycles. The van der Waals surface area contributed by atoms with Crippen molar-refractivity contribution in [3.8, 4) is 0 Å². The molecule has 1 aliphatic heterocycles. The van der Waals surface area contributed by atoms with Crippen molar-refractivity contribution < 1.29 is 0 Å². The first-order valence-electron chi connectivity index (χ1n) is 7.84. The van der Waals surface area contributed by atoms with Crippen molar-refractivity contribution in [1.29, 1.82) is 0 Å². The predicted octanol–water partition coefficient (Wildman–Crippen LogP) is 3.23. The van der Waals surface area contributed by atoms with Gasteiger partial charge < -0.3 is 10.6 Å². The van der Waals surface area contributed by atoms with Gasteiger partial charge >= 0.3 is 0 Å². The first kappa shape index (κ1) is 16.6. The van der Waals surface area contributed by atoms with Gasteiger partial charge in [-0.3, -0.25) is 4.90 Å². The van der Waals surface area contributed by atoms with E-state index in [-0.39, 0.29) is 0 Å². The molecule has 1 atom stereocenters. The zero-order chi connectivity index (χ0) is 15.5. The van der Waals surface area contributed by atoms with E-state index in [1.54, 1.807) is 0 Å². The molecule has 1 saturated heterocycles. The normalized spacial score (nSPS) is 18.8. The maximum atomic E-state index is 6.00. The standard InChI is InChI=1S/C17H28ClN3/c1-17(2,3)12-16(13-19)21-10-8-20(9-11-21)15-6-4-14(18)5-7-15/h4-7,16H,8-13,19H2,1-3H3. The highest BCUT2D eigenvalue weighted by Gasteiger charge is 2.26. The fourth-order valence-corrected chi connectivity index (χ4v) is 3.19. The van der Waals surface area contributed by atoms with Gasteiger partial charge in [-0.1, -0.05) is 32.4 Å². The number of hydrogen-bond acceptors (Lipinski definition) is 3. The quantitative estimate of drug-likeness (QED) is 0.927. The monoisotopic (exact) mass is 309 g/mol. The van der Waals surface area contributed by atoms with Crippen LogP contribution in [0.3, 0.4) is 0 Å². The third-order valence-corrected chi connectivity index (χ3v) is 4.39. The van der Waals surface area contributed by atoms with Gasteiger partial charge in [0.15, 0.2) is 0 Å². The summed E-state index contributed by atoms with van der Waals surface area (Å²) in [4.78, 5) is 4.98. The Balaban J connectivity index is 1.91. The molecule has 3 nitrogen and oxygen atoms in total. The van der Waals surface area contributed by atoms with Gasteiger partial charge in [-0.05, 0) is 36.1 Å². The molecular formula is C17H28ClN3. The maximum absolute atomic E-state index is 6.00. The number of hydrogen-bond donors (Lipinski definition) is 1. The van der Waals surface area contributed by atoms with E-state index < -0.39 is 0 Å². The molecule has 1 heterocycles. The molecule has 0 aromatic heterocycles. The molecule has 1 aromatic rings. The highest BCUT2D eigenvalue weighted by molar-refractivity contribution is 6.30. The second kappa shape index (κ2) is 6.99. The lowest BCUT2D eigenvalue weighted by Crippen LogP contribution is -2.53. The summed E-state index contributed by atoms with van der Waals surface area (Å²) in [7, 11) is 0. The van der Waals surface area contributed by atoms with Crippen LogP contribution in [-0.2, 0) is 0 Å². The van der Waals surface area contributed by atoms with E-state index in [1.807, 2.05) is 12.1 Å². The van der Waals surface area contributed by atoms with Crippen LogP contribution in [0.4, 0.5) is 5.69 Å². The largest absolute Gasteiger partial charge is 0.369 e. The van der Waals surface area contributed by atoms with Crippen LogP contribution in [0, 0.1) is 5.41 Å². The van der Waals surface area contributed by atoms with E-state index in [1.165, 1.54) is 5.69 Å². The van der Waals surface area contributed by atoms with E-state index >= 15 is 0 Å². The number of nitrogens with zero attached hydrogens (tertiary/aromatic N) is 2. The summed E-state index contributed by atoms with van der Waals surface area (Å²) in [5.74, 6) is 0. The number of piperazine rings is 1. The molecule has 0 saturated carbocycles. The topological polar surface area (TPSA) is 32.5 Å².